The molecule has 2 rings (SSSR count). The average molecular weight is 341 g/mol. The Balaban J connectivity index is 2.45. The molecule has 5 atom stereocenters. The van der Waals surface area contributed by atoms with Crippen molar-refractivity contribution in [2.45, 2.75) is 37.2 Å². The third-order valence-electron chi connectivity index (χ3n) is 3.67. The van der Waals surface area contributed by atoms with Crippen LogP contribution in [-0.2, 0) is 14.3 Å². The van der Waals surface area contributed by atoms with Crippen LogP contribution < -0.4 is 5.32 Å². The van der Waals surface area contributed by atoms with Gasteiger partial charge in [-0.05, 0) is 6.08 Å². The zero-order chi connectivity index (χ0) is 17.9. The Morgan fingerprint density at radius 3 is 2.67 bits per heavy atom. The molecule has 1 aliphatic heterocycles. The minimum Gasteiger partial charge on any atom is -0.478 e. The first-order chi connectivity index (χ1) is 11.3. The molecule has 1 amide bonds. The van der Waals surface area contributed by atoms with Crippen molar-refractivity contribution in [2.24, 2.45) is 0 Å². The predicted molar refractivity (Wildman–Crippen MR) is 78.6 cm³/mol. The lowest BCUT2D eigenvalue weighted by Crippen LogP contribution is -2.57. The maximum absolute atomic E-state index is 11.5. The van der Waals surface area contributed by atoms with Crippen LogP contribution in [0.15, 0.2) is 24.2 Å². The smallest absolute Gasteiger partial charge is 0.370 e. The second-order valence-corrected chi connectivity index (χ2v) is 5.39. The lowest BCUT2D eigenvalue weighted by atomic mass is 9.86. The Morgan fingerprint density at radius 2 is 2.17 bits per heavy atom. The average Bonchev–Trinajstić information content (AvgIpc) is 3.07. The summed E-state index contributed by atoms with van der Waals surface area (Å²) in [5.41, 5.74) is 0. The third-order valence-corrected chi connectivity index (χ3v) is 3.67. The number of carbonyl (C=O) groups is 2. The van der Waals surface area contributed by atoms with E-state index in [4.69, 9.17) is 9.84 Å². The van der Waals surface area contributed by atoms with E-state index in [1.54, 1.807) is 0 Å². The Bertz CT molecular complexity index is 616. The van der Waals surface area contributed by atoms with Crippen LogP contribution in [0.3, 0.4) is 0 Å². The largest absolute Gasteiger partial charge is 0.478 e. The van der Waals surface area contributed by atoms with Gasteiger partial charge in [0.2, 0.25) is 11.7 Å². The van der Waals surface area contributed by atoms with Crippen molar-refractivity contribution in [1.29, 1.82) is 0 Å². The normalized spacial score (nSPS) is 26.0. The number of nitrogens with zero attached hydrogens (tertiary/aromatic N) is 1. The number of aliphatic hydroxyl groups is 3. The lowest BCUT2D eigenvalue weighted by Gasteiger charge is -2.39. The zero-order valence-electron chi connectivity index (χ0n) is 12.8. The number of carboxylic acids is 1. The number of nitrogens with one attached hydrogen (secondary N) is 2. The first-order valence-electron chi connectivity index (χ1n) is 7.20. The molecule has 2 heterocycles. The van der Waals surface area contributed by atoms with Crippen molar-refractivity contribution < 1.29 is 34.8 Å². The summed E-state index contributed by atoms with van der Waals surface area (Å²) in [6, 6.07) is -0.909. The topological polar surface area (TPSA) is 165 Å². The van der Waals surface area contributed by atoms with E-state index in [0.29, 0.717) is 5.82 Å². The number of carboxylic acid groups (broad SMARTS) is 1. The molecule has 0 saturated carbocycles. The SMILES string of the molecule is CC(=O)N[C@H]1[C@H]([C@H](O)[C@H](O)CO)OC(C(=O)O)=C[C@@H]1c1ncc[nH]1. The first-order valence-corrected chi connectivity index (χ1v) is 7.20. The van der Waals surface area contributed by atoms with E-state index >= 15 is 0 Å². The van der Waals surface area contributed by atoms with Gasteiger partial charge in [-0.25, -0.2) is 9.78 Å². The summed E-state index contributed by atoms with van der Waals surface area (Å²) in [6.07, 6.45) is -0.266. The van der Waals surface area contributed by atoms with Crippen LogP contribution in [-0.4, -0.2) is 73.2 Å². The number of aliphatic carboxylic acids is 1. The van der Waals surface area contributed by atoms with Gasteiger partial charge < -0.3 is 35.5 Å². The highest BCUT2D eigenvalue weighted by molar-refractivity contribution is 5.85. The molecular weight excluding hydrogens is 322 g/mol. The van der Waals surface area contributed by atoms with Crippen molar-refractivity contribution in [3.63, 3.8) is 0 Å². The van der Waals surface area contributed by atoms with Gasteiger partial charge in [0.15, 0.2) is 0 Å². The molecule has 132 valence electrons. The summed E-state index contributed by atoms with van der Waals surface area (Å²) in [5.74, 6) is -2.65. The van der Waals surface area contributed by atoms with E-state index in [1.807, 2.05) is 0 Å². The van der Waals surface area contributed by atoms with Crippen LogP contribution in [0.2, 0.25) is 0 Å². The van der Waals surface area contributed by atoms with Crippen molar-refractivity contribution in [3.05, 3.63) is 30.1 Å². The van der Waals surface area contributed by atoms with Gasteiger partial charge in [0, 0.05) is 19.3 Å². The van der Waals surface area contributed by atoms with Crippen molar-refractivity contribution in [3.8, 4) is 0 Å². The number of carbonyl (C=O) groups excluding carboxylic acids is 1. The fourth-order valence-electron chi connectivity index (χ4n) is 2.58. The van der Waals surface area contributed by atoms with E-state index in [-0.39, 0.29) is 0 Å². The van der Waals surface area contributed by atoms with Gasteiger partial charge in [-0.2, -0.15) is 0 Å². The summed E-state index contributed by atoms with van der Waals surface area (Å²) in [7, 11) is 0. The van der Waals surface area contributed by atoms with Crippen LogP contribution in [0.1, 0.15) is 18.7 Å². The van der Waals surface area contributed by atoms with E-state index in [1.165, 1.54) is 25.4 Å². The Hall–Kier alpha value is -2.43. The number of aliphatic hydroxyl groups excluding tert-OH is 3. The molecule has 1 aromatic rings. The lowest BCUT2D eigenvalue weighted by molar-refractivity contribution is -0.146. The molecule has 1 aromatic heterocycles. The van der Waals surface area contributed by atoms with E-state index < -0.39 is 54.5 Å². The number of hydrogen-bond donors (Lipinski definition) is 6. The van der Waals surface area contributed by atoms with Gasteiger partial charge in [0.05, 0.1) is 18.6 Å². The van der Waals surface area contributed by atoms with Crippen molar-refractivity contribution >= 4 is 11.9 Å². The molecule has 0 radical (unpaired) electrons. The van der Waals surface area contributed by atoms with Crippen LogP contribution >= 0.6 is 0 Å². The van der Waals surface area contributed by atoms with Gasteiger partial charge in [-0.1, -0.05) is 0 Å². The van der Waals surface area contributed by atoms with Gasteiger partial charge in [0.1, 0.15) is 24.1 Å². The second-order valence-electron chi connectivity index (χ2n) is 5.39. The number of amides is 1. The van der Waals surface area contributed by atoms with Crippen LogP contribution in [0.4, 0.5) is 0 Å². The molecule has 0 unspecified atom stereocenters. The minimum absolute atomic E-state index is 0.353. The molecule has 0 fully saturated rings. The van der Waals surface area contributed by atoms with Crippen LogP contribution in [0.5, 0.6) is 0 Å². The number of ether oxygens (including phenoxy) is 1. The highest BCUT2D eigenvalue weighted by atomic mass is 16.5. The quantitative estimate of drug-likeness (QED) is 0.348. The van der Waals surface area contributed by atoms with Crippen molar-refractivity contribution in [2.75, 3.05) is 6.61 Å². The number of H-pyrrole nitrogens is 1. The summed E-state index contributed by atoms with van der Waals surface area (Å²) < 4.78 is 5.26. The van der Waals surface area contributed by atoms with Crippen LogP contribution in [0.25, 0.3) is 0 Å². The molecule has 0 spiro atoms. The summed E-state index contributed by atoms with van der Waals surface area (Å²) in [4.78, 5) is 29.7. The monoisotopic (exact) mass is 341 g/mol. The fraction of sp³-hybridized carbons (Fsp3) is 0.500. The first kappa shape index (κ1) is 17.9. The maximum Gasteiger partial charge on any atom is 0.370 e. The standard InChI is InChI=1S/C14H19N3O7/c1-6(19)17-10-7(13-15-2-3-16-13)4-9(14(22)23)24-12(10)11(21)8(20)5-18/h2-4,7-8,10-12,18,20-21H,5H2,1H3,(H,15,16)(H,17,19)(H,22,23)/t7-,8+,10+,11+,12+/m0/s1. The third kappa shape index (κ3) is 3.72. The summed E-state index contributed by atoms with van der Waals surface area (Å²) in [5, 5.41) is 40.7. The molecule has 10 nitrogen and oxygen atoms in total. The molecule has 1 aliphatic rings. The molecular formula is C14H19N3O7. The number of aromatic nitrogens is 2. The Morgan fingerprint density at radius 1 is 1.46 bits per heavy atom. The number of hydrogen-bond acceptors (Lipinski definition) is 7. The molecule has 6 N–H and O–H groups in total. The number of rotatable bonds is 6. The van der Waals surface area contributed by atoms with Gasteiger partial charge >= 0.3 is 5.97 Å². The van der Waals surface area contributed by atoms with E-state index in [9.17, 15) is 24.9 Å². The second kappa shape index (κ2) is 7.43. The molecule has 10 heteroatoms. The van der Waals surface area contributed by atoms with Gasteiger partial charge in [0.25, 0.3) is 0 Å². The number of imidazole rings is 1. The maximum atomic E-state index is 11.5. The summed E-state index contributed by atoms with van der Waals surface area (Å²) >= 11 is 0. The van der Waals surface area contributed by atoms with Crippen LogP contribution in [0, 0.1) is 0 Å². The Kier molecular flexibility index (Phi) is 5.54. The van der Waals surface area contributed by atoms with Gasteiger partial charge in [-0.3, -0.25) is 4.79 Å². The van der Waals surface area contributed by atoms with E-state index in [0.717, 1.165) is 0 Å². The molecule has 0 aliphatic carbocycles. The predicted octanol–water partition coefficient (Wildman–Crippen LogP) is -1.92. The minimum atomic E-state index is -1.63. The number of aromatic amines is 1. The Labute approximate surface area is 136 Å². The molecule has 24 heavy (non-hydrogen) atoms. The highest BCUT2D eigenvalue weighted by Crippen LogP contribution is 2.32. The van der Waals surface area contributed by atoms with Gasteiger partial charge in [-0.15, -0.1) is 0 Å². The molecule has 0 bridgehead atoms. The summed E-state index contributed by atoms with van der Waals surface area (Å²) in [6.45, 7) is 0.493. The molecule has 0 aromatic carbocycles. The zero-order valence-corrected chi connectivity index (χ0v) is 12.8. The van der Waals surface area contributed by atoms with E-state index in [2.05, 4.69) is 15.3 Å². The molecule has 0 saturated heterocycles. The highest BCUT2D eigenvalue weighted by Gasteiger charge is 2.44. The van der Waals surface area contributed by atoms with Crippen molar-refractivity contribution in [1.82, 2.24) is 15.3 Å². The fourth-order valence-corrected chi connectivity index (χ4v) is 2.58.